The number of hydrogen-bond donors (Lipinski definition) is 0. The van der Waals surface area contributed by atoms with Crippen molar-refractivity contribution in [2.75, 3.05) is 0 Å². The van der Waals surface area contributed by atoms with Gasteiger partial charge in [0.1, 0.15) is 0 Å². The van der Waals surface area contributed by atoms with Gasteiger partial charge in [0.25, 0.3) is 0 Å². The molecule has 0 N–H and O–H groups in total. The zero-order chi connectivity index (χ0) is 9.98. The van der Waals surface area contributed by atoms with Crippen LogP contribution < -0.4 is 0 Å². The Morgan fingerprint density at radius 3 is 1.08 bits per heavy atom. The minimum atomic E-state index is -0.00360. The molecule has 0 aliphatic heterocycles. The van der Waals surface area contributed by atoms with Crippen molar-refractivity contribution in [1.82, 2.24) is 0 Å². The first-order valence-electron chi connectivity index (χ1n) is 4.34. The van der Waals surface area contributed by atoms with Crippen molar-refractivity contribution in [3.05, 3.63) is 25.3 Å². The van der Waals surface area contributed by atoms with E-state index in [1.807, 2.05) is 12.2 Å². The van der Waals surface area contributed by atoms with E-state index in [-0.39, 0.29) is 37.1 Å². The molecule has 0 nitrogen and oxygen atoms in total. The van der Waals surface area contributed by atoms with Crippen LogP contribution in [0.2, 0.25) is 38.3 Å². The Morgan fingerprint density at radius 2 is 1.08 bits per heavy atom. The summed E-state index contributed by atoms with van der Waals surface area (Å²) in [6.07, 6.45) is 3.99. The van der Waals surface area contributed by atoms with Gasteiger partial charge in [0.15, 0.2) is 0 Å². The molecule has 0 aliphatic carbocycles. The second kappa shape index (κ2) is 15.0. The Kier molecular flexibility index (Phi) is 22.2. The molecule has 13 heavy (non-hydrogen) atoms. The average molecular weight is 264 g/mol. The number of rotatable bonds is 4. The first-order valence-corrected chi connectivity index (χ1v) is 9.75. The summed E-state index contributed by atoms with van der Waals surface area (Å²) < 4.78 is 0. The van der Waals surface area contributed by atoms with Gasteiger partial charge in [0.2, 0.25) is 0 Å². The summed E-state index contributed by atoms with van der Waals surface area (Å²) in [5, 5.41) is 0. The fourth-order valence-corrected chi connectivity index (χ4v) is 1.73. The Morgan fingerprint density at radius 1 is 0.846 bits per heavy atom. The van der Waals surface area contributed by atoms with Gasteiger partial charge in [-0.15, -0.1) is 13.2 Å². The van der Waals surface area contributed by atoms with E-state index in [9.17, 15) is 0 Å². The maximum absolute atomic E-state index is 3.63. The summed E-state index contributed by atoms with van der Waals surface area (Å²) in [4.78, 5) is 0. The molecule has 0 heterocycles. The van der Waals surface area contributed by atoms with E-state index in [2.05, 4.69) is 39.3 Å². The number of allylic oxidation sites excluding steroid dienone is 2. The second-order valence-corrected chi connectivity index (χ2v) is 9.04. The van der Waals surface area contributed by atoms with Gasteiger partial charge in [0, 0.05) is 37.1 Å². The molecule has 0 unspecified atom stereocenters. The van der Waals surface area contributed by atoms with Crippen molar-refractivity contribution < 1.29 is 19.5 Å². The van der Waals surface area contributed by atoms with Gasteiger partial charge < -0.3 is 0 Å². The molecule has 0 aromatic heterocycles. The summed E-state index contributed by atoms with van der Waals surface area (Å²) in [5.74, 6) is 0. The molecule has 72 valence electrons. The molecule has 0 amide bonds. The normalized spacial score (nSPS) is 8.46. The number of hydrogen-bond acceptors (Lipinski definition) is 0. The Hall–Kier alpha value is 0.537. The van der Waals surface area contributed by atoms with Crippen molar-refractivity contribution in [3.63, 3.8) is 0 Å². The van der Waals surface area contributed by atoms with Gasteiger partial charge in [-0.1, -0.05) is 38.3 Å². The van der Waals surface area contributed by atoms with Crippen LogP contribution in [-0.4, -0.2) is 17.6 Å². The zero-order valence-electron chi connectivity index (χ0n) is 9.69. The summed E-state index contributed by atoms with van der Waals surface area (Å²) in [6, 6.07) is 2.48. The van der Waals surface area contributed by atoms with Crippen LogP contribution in [0.5, 0.6) is 0 Å². The summed E-state index contributed by atoms with van der Waals surface area (Å²) in [6.45, 7) is 16.4. The summed E-state index contributed by atoms with van der Waals surface area (Å²) in [7, 11) is -0.00720. The first-order chi connectivity index (χ1) is 5.54. The van der Waals surface area contributed by atoms with Gasteiger partial charge in [-0.05, 0) is 12.1 Å². The van der Waals surface area contributed by atoms with Crippen LogP contribution in [-0.2, 0) is 19.5 Å². The van der Waals surface area contributed by atoms with Crippen molar-refractivity contribution in [3.8, 4) is 0 Å². The quantitative estimate of drug-likeness (QED) is 0.534. The van der Waals surface area contributed by atoms with Gasteiger partial charge >= 0.3 is 0 Å². The van der Waals surface area contributed by atoms with Crippen molar-refractivity contribution >= 4 is 17.6 Å². The molecule has 0 rings (SSSR count). The molecule has 2 radical (unpaired) electrons. The van der Waals surface area contributed by atoms with Gasteiger partial charge in [-0.2, -0.15) is 0 Å². The third kappa shape index (κ3) is 32.6. The van der Waals surface area contributed by atoms with E-state index < -0.39 is 0 Å². The van der Waals surface area contributed by atoms with Gasteiger partial charge in [-0.25, -0.2) is 0 Å². The standard InChI is InChI=1S/2C5H11Si.Zn/c2*1-4-5-6(2)3;/h2*4H,1,5H2,2-3H3;. The summed E-state index contributed by atoms with van der Waals surface area (Å²) in [5.41, 5.74) is 0. The molecular formula is C10H22Si2Zn. The maximum Gasteiger partial charge on any atom is 0.0452 e. The van der Waals surface area contributed by atoms with Crippen LogP contribution in [0.4, 0.5) is 0 Å². The topological polar surface area (TPSA) is 0 Å². The minimum Gasteiger partial charge on any atom is -0.103 e. The van der Waals surface area contributed by atoms with E-state index in [1.54, 1.807) is 0 Å². The Labute approximate surface area is 100 Å². The van der Waals surface area contributed by atoms with Gasteiger partial charge in [-0.3, -0.25) is 0 Å². The molecule has 3 heteroatoms. The van der Waals surface area contributed by atoms with Crippen molar-refractivity contribution in [2.45, 2.75) is 38.3 Å². The molecule has 0 aromatic rings. The van der Waals surface area contributed by atoms with E-state index in [1.165, 1.54) is 12.1 Å². The van der Waals surface area contributed by atoms with E-state index in [0.717, 1.165) is 0 Å². The van der Waals surface area contributed by atoms with E-state index >= 15 is 0 Å². The molecule has 0 fully saturated rings. The van der Waals surface area contributed by atoms with E-state index in [0.29, 0.717) is 0 Å². The fraction of sp³-hybridized carbons (Fsp3) is 0.600. The van der Waals surface area contributed by atoms with Crippen LogP contribution in [0.1, 0.15) is 0 Å². The predicted octanol–water partition coefficient (Wildman–Crippen LogP) is 3.85. The largest absolute Gasteiger partial charge is 0.103 e. The predicted molar refractivity (Wildman–Crippen MR) is 65.0 cm³/mol. The molecule has 0 aliphatic rings. The minimum absolute atomic E-state index is 0. The molecule has 0 aromatic carbocycles. The van der Waals surface area contributed by atoms with Crippen LogP contribution in [0, 0.1) is 0 Å². The third-order valence-corrected chi connectivity index (χ3v) is 3.32. The fourth-order valence-electron chi connectivity index (χ4n) is 0.577. The van der Waals surface area contributed by atoms with Crippen LogP contribution in [0.3, 0.4) is 0 Å². The van der Waals surface area contributed by atoms with Crippen molar-refractivity contribution in [1.29, 1.82) is 0 Å². The van der Waals surface area contributed by atoms with Gasteiger partial charge in [0.05, 0.1) is 0 Å². The third-order valence-electron chi connectivity index (χ3n) is 1.11. The Bertz CT molecular complexity index is 97.5. The molecule has 0 bridgehead atoms. The molecule has 0 saturated carbocycles. The van der Waals surface area contributed by atoms with E-state index in [4.69, 9.17) is 0 Å². The molecule has 0 saturated heterocycles. The Balaban J connectivity index is -0.000000143. The zero-order valence-corrected chi connectivity index (χ0v) is 14.7. The smallest absolute Gasteiger partial charge is 0.0452 e. The molecule has 0 atom stereocenters. The van der Waals surface area contributed by atoms with Crippen LogP contribution in [0.15, 0.2) is 25.3 Å². The molecular weight excluding hydrogens is 242 g/mol. The SMILES string of the molecule is C=CC[Si](C)C.C=CC[Si](C)C.[Zn]. The summed E-state index contributed by atoms with van der Waals surface area (Å²) >= 11 is 0. The van der Waals surface area contributed by atoms with Crippen molar-refractivity contribution in [2.24, 2.45) is 0 Å². The first kappa shape index (κ1) is 19.2. The van der Waals surface area contributed by atoms with Crippen LogP contribution >= 0.6 is 0 Å². The second-order valence-electron chi connectivity index (χ2n) is 3.40. The maximum atomic E-state index is 3.63. The monoisotopic (exact) mass is 262 g/mol. The molecule has 0 spiro atoms. The average Bonchev–Trinajstić information content (AvgIpc) is 1.87. The van der Waals surface area contributed by atoms with Crippen LogP contribution in [0.25, 0.3) is 0 Å².